The van der Waals surface area contributed by atoms with Crippen LogP contribution in [0.4, 0.5) is 0 Å². The summed E-state index contributed by atoms with van der Waals surface area (Å²) in [5, 5.41) is 4.05. The van der Waals surface area contributed by atoms with Gasteiger partial charge in [-0.1, -0.05) is 23.2 Å². The highest BCUT2D eigenvalue weighted by atomic mass is 35.5. The van der Waals surface area contributed by atoms with Gasteiger partial charge in [0.15, 0.2) is 0 Å². The molecular weight excluding hydrogens is 345 g/mol. The molecule has 1 aliphatic heterocycles. The van der Waals surface area contributed by atoms with Gasteiger partial charge in [0.05, 0.1) is 17.9 Å². The van der Waals surface area contributed by atoms with Gasteiger partial charge in [0.1, 0.15) is 5.65 Å². The van der Waals surface area contributed by atoms with Gasteiger partial charge in [-0.05, 0) is 48.4 Å². The summed E-state index contributed by atoms with van der Waals surface area (Å²) in [5.41, 5.74) is 4.85. The summed E-state index contributed by atoms with van der Waals surface area (Å²) in [6.45, 7) is 2.47. The fourth-order valence-electron chi connectivity index (χ4n) is 3.30. The van der Waals surface area contributed by atoms with Crippen molar-refractivity contribution in [3.05, 3.63) is 69.1 Å². The lowest BCUT2D eigenvalue weighted by molar-refractivity contribution is -0.121. The number of nitrogens with one attached hydrogen (secondary N) is 1. The molecule has 1 atom stereocenters. The minimum atomic E-state index is -0.142. The van der Waals surface area contributed by atoms with Gasteiger partial charge in [-0.3, -0.25) is 4.79 Å². The van der Waals surface area contributed by atoms with Crippen LogP contribution in [-0.4, -0.2) is 15.3 Å². The predicted octanol–water partition coefficient (Wildman–Crippen LogP) is 4.10. The summed E-state index contributed by atoms with van der Waals surface area (Å²) in [5.74, 6) is -0.147. The van der Waals surface area contributed by atoms with Crippen LogP contribution in [-0.2, 0) is 11.3 Å². The minimum Gasteiger partial charge on any atom is -0.350 e. The predicted molar refractivity (Wildman–Crippen MR) is 94.7 cm³/mol. The standard InChI is InChI=1S/C18H15Cl2N3O/c1-10-2-3-23-16(4-10)22-15-9-21-17(24)8-14(18(15)23)11-5-12(19)7-13(20)6-11/h2-7,14H,8-9H2,1H3,(H,21,24)/t14-/m0/s1. The molecule has 24 heavy (non-hydrogen) atoms. The molecule has 0 saturated carbocycles. The first-order chi connectivity index (χ1) is 11.5. The van der Waals surface area contributed by atoms with Crippen molar-refractivity contribution < 1.29 is 4.79 Å². The van der Waals surface area contributed by atoms with E-state index in [1.54, 1.807) is 6.07 Å². The lowest BCUT2D eigenvalue weighted by Crippen LogP contribution is -2.21. The maximum atomic E-state index is 12.2. The molecule has 0 aliphatic carbocycles. The molecule has 0 spiro atoms. The van der Waals surface area contributed by atoms with E-state index in [-0.39, 0.29) is 11.8 Å². The van der Waals surface area contributed by atoms with Gasteiger partial charge in [-0.15, -0.1) is 0 Å². The minimum absolute atomic E-state index is 0.00467. The number of hydrogen-bond acceptors (Lipinski definition) is 2. The third-order valence-corrected chi connectivity index (χ3v) is 4.79. The summed E-state index contributed by atoms with van der Waals surface area (Å²) in [6, 6.07) is 9.51. The molecule has 6 heteroatoms. The number of aryl methyl sites for hydroxylation is 1. The van der Waals surface area contributed by atoms with Crippen LogP contribution < -0.4 is 5.32 Å². The molecule has 1 aliphatic rings. The van der Waals surface area contributed by atoms with E-state index in [0.29, 0.717) is 23.0 Å². The Balaban J connectivity index is 1.96. The molecule has 122 valence electrons. The van der Waals surface area contributed by atoms with Crippen LogP contribution in [0.5, 0.6) is 0 Å². The summed E-state index contributed by atoms with van der Waals surface area (Å²) >= 11 is 12.4. The van der Waals surface area contributed by atoms with Crippen molar-refractivity contribution in [3.63, 3.8) is 0 Å². The molecule has 0 fully saturated rings. The molecule has 1 amide bonds. The lowest BCUT2D eigenvalue weighted by Gasteiger charge is -2.16. The number of amides is 1. The topological polar surface area (TPSA) is 46.4 Å². The zero-order valence-corrected chi connectivity index (χ0v) is 14.5. The molecular formula is C18H15Cl2N3O. The number of carbonyl (C=O) groups excluding carboxylic acids is 1. The molecule has 1 N–H and O–H groups in total. The third-order valence-electron chi connectivity index (χ3n) is 4.35. The van der Waals surface area contributed by atoms with E-state index in [9.17, 15) is 4.79 Å². The number of rotatable bonds is 1. The summed E-state index contributed by atoms with van der Waals surface area (Å²) in [6.07, 6.45) is 2.34. The highest BCUT2D eigenvalue weighted by Crippen LogP contribution is 2.35. The molecule has 0 radical (unpaired) electrons. The van der Waals surface area contributed by atoms with Crippen molar-refractivity contribution in [2.45, 2.75) is 25.8 Å². The molecule has 1 aromatic carbocycles. The van der Waals surface area contributed by atoms with Gasteiger partial charge < -0.3 is 9.72 Å². The monoisotopic (exact) mass is 359 g/mol. The van der Waals surface area contributed by atoms with Gasteiger partial charge in [0.25, 0.3) is 0 Å². The van der Waals surface area contributed by atoms with E-state index < -0.39 is 0 Å². The number of aromatic nitrogens is 2. The lowest BCUT2D eigenvalue weighted by atomic mass is 9.91. The number of fused-ring (bicyclic) bond motifs is 3. The van der Waals surface area contributed by atoms with Crippen molar-refractivity contribution in [1.82, 2.24) is 14.7 Å². The Morgan fingerprint density at radius 2 is 1.96 bits per heavy atom. The van der Waals surface area contributed by atoms with Crippen molar-refractivity contribution in [2.75, 3.05) is 0 Å². The van der Waals surface area contributed by atoms with Crippen LogP contribution in [0.3, 0.4) is 0 Å². The first-order valence-corrected chi connectivity index (χ1v) is 8.47. The third kappa shape index (κ3) is 2.66. The molecule has 0 bridgehead atoms. The van der Waals surface area contributed by atoms with E-state index in [4.69, 9.17) is 28.2 Å². The van der Waals surface area contributed by atoms with E-state index in [0.717, 1.165) is 28.2 Å². The quantitative estimate of drug-likeness (QED) is 0.710. The van der Waals surface area contributed by atoms with E-state index in [1.807, 2.05) is 37.4 Å². The van der Waals surface area contributed by atoms with Gasteiger partial charge in [0, 0.05) is 28.6 Å². The number of hydrogen-bond donors (Lipinski definition) is 1. The molecule has 0 saturated heterocycles. The largest absolute Gasteiger partial charge is 0.350 e. The Morgan fingerprint density at radius 1 is 1.21 bits per heavy atom. The summed E-state index contributed by atoms with van der Waals surface area (Å²) in [7, 11) is 0. The fourth-order valence-corrected chi connectivity index (χ4v) is 3.84. The second-order valence-corrected chi connectivity index (χ2v) is 6.99. The summed E-state index contributed by atoms with van der Waals surface area (Å²) in [4.78, 5) is 16.9. The highest BCUT2D eigenvalue weighted by Gasteiger charge is 2.29. The van der Waals surface area contributed by atoms with Crippen LogP contribution in [0.15, 0.2) is 36.5 Å². The number of pyridine rings is 1. The number of carbonyl (C=O) groups is 1. The molecule has 4 rings (SSSR count). The Kier molecular flexibility index (Phi) is 3.74. The molecule has 0 unspecified atom stereocenters. The van der Waals surface area contributed by atoms with Gasteiger partial charge in [-0.2, -0.15) is 0 Å². The zero-order valence-electron chi connectivity index (χ0n) is 13.0. The van der Waals surface area contributed by atoms with Crippen molar-refractivity contribution in [3.8, 4) is 0 Å². The maximum Gasteiger partial charge on any atom is 0.221 e. The van der Waals surface area contributed by atoms with Gasteiger partial charge in [-0.25, -0.2) is 4.98 Å². The molecule has 2 aromatic heterocycles. The average Bonchev–Trinajstić information content (AvgIpc) is 2.78. The number of halogens is 2. The number of nitrogens with zero attached hydrogens (tertiary/aromatic N) is 2. The second kappa shape index (κ2) is 5.80. The maximum absolute atomic E-state index is 12.2. The Morgan fingerprint density at radius 3 is 2.71 bits per heavy atom. The van der Waals surface area contributed by atoms with E-state index in [2.05, 4.69) is 9.72 Å². The number of imidazole rings is 1. The van der Waals surface area contributed by atoms with Crippen LogP contribution in [0.2, 0.25) is 10.0 Å². The van der Waals surface area contributed by atoms with Gasteiger partial charge in [0.2, 0.25) is 5.91 Å². The van der Waals surface area contributed by atoms with Crippen LogP contribution in [0.1, 0.15) is 34.9 Å². The smallest absolute Gasteiger partial charge is 0.221 e. The van der Waals surface area contributed by atoms with Crippen LogP contribution >= 0.6 is 23.2 Å². The van der Waals surface area contributed by atoms with Gasteiger partial charge >= 0.3 is 0 Å². The van der Waals surface area contributed by atoms with E-state index in [1.165, 1.54) is 0 Å². The van der Waals surface area contributed by atoms with Crippen molar-refractivity contribution in [2.24, 2.45) is 0 Å². The zero-order chi connectivity index (χ0) is 16.8. The van der Waals surface area contributed by atoms with Crippen LogP contribution in [0.25, 0.3) is 5.65 Å². The molecule has 3 heterocycles. The van der Waals surface area contributed by atoms with Crippen molar-refractivity contribution >= 4 is 34.8 Å². The Labute approximate surface area is 149 Å². The first kappa shape index (κ1) is 15.5. The van der Waals surface area contributed by atoms with E-state index >= 15 is 0 Å². The second-order valence-electron chi connectivity index (χ2n) is 6.11. The Hall–Kier alpha value is -2.04. The normalized spacial score (nSPS) is 17.5. The Bertz CT molecular complexity index is 944. The molecule has 3 aromatic rings. The highest BCUT2D eigenvalue weighted by molar-refractivity contribution is 6.34. The SMILES string of the molecule is Cc1ccn2c3c(nc2c1)CNC(=O)C[C@H]3c1cc(Cl)cc(Cl)c1. The fraction of sp³-hybridized carbons (Fsp3) is 0.222. The average molecular weight is 360 g/mol. The summed E-state index contributed by atoms with van der Waals surface area (Å²) < 4.78 is 2.06. The first-order valence-electron chi connectivity index (χ1n) is 7.71. The molecule has 4 nitrogen and oxygen atoms in total. The number of benzene rings is 1. The van der Waals surface area contributed by atoms with Crippen LogP contribution in [0, 0.1) is 6.92 Å². The van der Waals surface area contributed by atoms with Crippen molar-refractivity contribution in [1.29, 1.82) is 0 Å².